The minimum absolute atomic E-state index is 0.672. The molecule has 1 rings (SSSR count). The van der Waals surface area contributed by atoms with E-state index in [9.17, 15) is 0 Å². The Morgan fingerprint density at radius 1 is 1.18 bits per heavy atom. The SMILES string of the molecule is CCCCNCc1cc(Br)c(OCC)c(Br)c1. The number of hydrogen-bond acceptors (Lipinski definition) is 2. The molecule has 0 aliphatic carbocycles. The zero-order valence-electron chi connectivity index (χ0n) is 10.4. The number of rotatable bonds is 7. The van der Waals surface area contributed by atoms with E-state index in [0.29, 0.717) is 6.61 Å². The number of nitrogens with one attached hydrogen (secondary N) is 1. The normalized spacial score (nSPS) is 10.6. The fourth-order valence-corrected chi connectivity index (χ4v) is 3.04. The summed E-state index contributed by atoms with van der Waals surface area (Å²) in [7, 11) is 0. The lowest BCUT2D eigenvalue weighted by atomic mass is 10.2. The van der Waals surface area contributed by atoms with Crippen LogP contribution in [0.1, 0.15) is 32.3 Å². The Hall–Kier alpha value is -0.0600. The molecule has 1 N–H and O–H groups in total. The molecule has 0 unspecified atom stereocenters. The van der Waals surface area contributed by atoms with Crippen LogP contribution >= 0.6 is 31.9 Å². The van der Waals surface area contributed by atoms with Crippen LogP contribution in [-0.2, 0) is 6.54 Å². The van der Waals surface area contributed by atoms with Crippen molar-refractivity contribution in [2.75, 3.05) is 13.2 Å². The molecule has 0 saturated heterocycles. The summed E-state index contributed by atoms with van der Waals surface area (Å²) in [5.74, 6) is 0.879. The molecule has 0 saturated carbocycles. The Labute approximate surface area is 120 Å². The molecule has 96 valence electrons. The zero-order chi connectivity index (χ0) is 12.7. The monoisotopic (exact) mass is 363 g/mol. The van der Waals surface area contributed by atoms with Crippen LogP contribution in [0.4, 0.5) is 0 Å². The van der Waals surface area contributed by atoms with E-state index < -0.39 is 0 Å². The van der Waals surface area contributed by atoms with Gasteiger partial charge < -0.3 is 10.1 Å². The summed E-state index contributed by atoms with van der Waals surface area (Å²) in [4.78, 5) is 0. The van der Waals surface area contributed by atoms with Gasteiger partial charge in [0.15, 0.2) is 0 Å². The molecule has 0 aromatic heterocycles. The first kappa shape index (κ1) is 15.0. The standard InChI is InChI=1S/C13H19Br2NO/c1-3-5-6-16-9-10-7-11(14)13(17-4-2)12(15)8-10/h7-8,16H,3-6,9H2,1-2H3. The van der Waals surface area contributed by atoms with Crippen LogP contribution in [0.2, 0.25) is 0 Å². The largest absolute Gasteiger partial charge is 0.492 e. The summed E-state index contributed by atoms with van der Waals surface area (Å²) >= 11 is 7.08. The van der Waals surface area contributed by atoms with E-state index in [1.807, 2.05) is 6.92 Å². The molecule has 0 heterocycles. The van der Waals surface area contributed by atoms with Gasteiger partial charge in [-0.2, -0.15) is 0 Å². The van der Waals surface area contributed by atoms with Crippen molar-refractivity contribution in [3.05, 3.63) is 26.6 Å². The number of unbranched alkanes of at least 4 members (excludes halogenated alkanes) is 1. The lowest BCUT2D eigenvalue weighted by Crippen LogP contribution is -2.14. The first-order valence-electron chi connectivity index (χ1n) is 6.00. The third-order valence-electron chi connectivity index (χ3n) is 2.38. The van der Waals surface area contributed by atoms with E-state index >= 15 is 0 Å². The first-order chi connectivity index (χ1) is 8.19. The molecule has 0 aliphatic heterocycles. The molecule has 0 aliphatic rings. The summed E-state index contributed by atoms with van der Waals surface area (Å²) in [5.41, 5.74) is 1.25. The zero-order valence-corrected chi connectivity index (χ0v) is 13.5. The molecule has 2 nitrogen and oxygen atoms in total. The minimum Gasteiger partial charge on any atom is -0.492 e. The highest BCUT2D eigenvalue weighted by Crippen LogP contribution is 2.34. The van der Waals surface area contributed by atoms with Gasteiger partial charge in [0.25, 0.3) is 0 Å². The van der Waals surface area contributed by atoms with Crippen molar-refractivity contribution >= 4 is 31.9 Å². The Balaban J connectivity index is 2.63. The Kier molecular flexibility index (Phi) is 7.16. The van der Waals surface area contributed by atoms with Gasteiger partial charge in [-0.25, -0.2) is 0 Å². The molecule has 0 atom stereocenters. The molecule has 0 fully saturated rings. The molecule has 1 aromatic rings. The van der Waals surface area contributed by atoms with Gasteiger partial charge in [-0.3, -0.25) is 0 Å². The second-order valence-corrected chi connectivity index (χ2v) is 5.56. The second-order valence-electron chi connectivity index (χ2n) is 3.85. The van der Waals surface area contributed by atoms with E-state index in [4.69, 9.17) is 4.74 Å². The molecular formula is C13H19Br2NO. The molecule has 4 heteroatoms. The number of ether oxygens (including phenoxy) is 1. The van der Waals surface area contributed by atoms with Crippen molar-refractivity contribution in [2.24, 2.45) is 0 Å². The van der Waals surface area contributed by atoms with Crippen LogP contribution in [0.3, 0.4) is 0 Å². The fourth-order valence-electron chi connectivity index (χ4n) is 1.53. The third kappa shape index (κ3) is 4.98. The number of benzene rings is 1. The topological polar surface area (TPSA) is 21.3 Å². The highest BCUT2D eigenvalue weighted by molar-refractivity contribution is 9.11. The molecule has 0 bridgehead atoms. The third-order valence-corrected chi connectivity index (χ3v) is 3.56. The van der Waals surface area contributed by atoms with E-state index in [1.165, 1.54) is 18.4 Å². The predicted octanol–water partition coefficient (Wildman–Crippen LogP) is 4.50. The smallest absolute Gasteiger partial charge is 0.147 e. The van der Waals surface area contributed by atoms with Crippen LogP contribution < -0.4 is 10.1 Å². The van der Waals surface area contributed by atoms with Crippen LogP contribution in [0, 0.1) is 0 Å². The number of halogens is 2. The highest BCUT2D eigenvalue weighted by atomic mass is 79.9. The number of hydrogen-bond donors (Lipinski definition) is 1. The summed E-state index contributed by atoms with van der Waals surface area (Å²) in [6.07, 6.45) is 2.45. The van der Waals surface area contributed by atoms with Gasteiger partial charge in [0.05, 0.1) is 15.6 Å². The maximum absolute atomic E-state index is 5.55. The quantitative estimate of drug-likeness (QED) is 0.719. The summed E-state index contributed by atoms with van der Waals surface area (Å²) in [6, 6.07) is 4.21. The lowest BCUT2D eigenvalue weighted by molar-refractivity contribution is 0.336. The molecular weight excluding hydrogens is 346 g/mol. The summed E-state index contributed by atoms with van der Waals surface area (Å²) in [6.45, 7) is 6.82. The first-order valence-corrected chi connectivity index (χ1v) is 7.59. The van der Waals surface area contributed by atoms with Crippen LogP contribution in [-0.4, -0.2) is 13.2 Å². The second kappa shape index (κ2) is 8.11. The van der Waals surface area contributed by atoms with Gasteiger partial charge in [0.1, 0.15) is 5.75 Å². The van der Waals surface area contributed by atoms with Gasteiger partial charge in [-0.15, -0.1) is 0 Å². The van der Waals surface area contributed by atoms with E-state index in [1.54, 1.807) is 0 Å². The molecule has 0 radical (unpaired) electrons. The van der Waals surface area contributed by atoms with Crippen LogP contribution in [0.25, 0.3) is 0 Å². The van der Waals surface area contributed by atoms with Gasteiger partial charge in [0.2, 0.25) is 0 Å². The minimum atomic E-state index is 0.672. The lowest BCUT2D eigenvalue weighted by Gasteiger charge is -2.11. The maximum atomic E-state index is 5.55. The average molecular weight is 365 g/mol. The van der Waals surface area contributed by atoms with Gasteiger partial charge in [0, 0.05) is 6.54 Å². The average Bonchev–Trinajstić information content (AvgIpc) is 2.29. The Morgan fingerprint density at radius 3 is 2.35 bits per heavy atom. The maximum Gasteiger partial charge on any atom is 0.147 e. The van der Waals surface area contributed by atoms with Crippen LogP contribution in [0.15, 0.2) is 21.1 Å². The Morgan fingerprint density at radius 2 is 1.82 bits per heavy atom. The molecule has 0 amide bonds. The van der Waals surface area contributed by atoms with Crippen LogP contribution in [0.5, 0.6) is 5.75 Å². The molecule has 17 heavy (non-hydrogen) atoms. The fraction of sp³-hybridized carbons (Fsp3) is 0.538. The van der Waals surface area contributed by atoms with Crippen molar-refractivity contribution in [2.45, 2.75) is 33.2 Å². The Bertz CT molecular complexity index is 332. The van der Waals surface area contributed by atoms with Crippen molar-refractivity contribution in [3.63, 3.8) is 0 Å². The molecule has 1 aromatic carbocycles. The van der Waals surface area contributed by atoms with Crippen molar-refractivity contribution in [1.82, 2.24) is 5.32 Å². The van der Waals surface area contributed by atoms with Gasteiger partial charge >= 0.3 is 0 Å². The van der Waals surface area contributed by atoms with Crippen molar-refractivity contribution in [3.8, 4) is 5.75 Å². The van der Waals surface area contributed by atoms with E-state index in [-0.39, 0.29) is 0 Å². The summed E-state index contributed by atoms with van der Waals surface area (Å²) < 4.78 is 7.55. The van der Waals surface area contributed by atoms with Crippen molar-refractivity contribution in [1.29, 1.82) is 0 Å². The highest BCUT2D eigenvalue weighted by Gasteiger charge is 2.08. The van der Waals surface area contributed by atoms with Gasteiger partial charge in [-0.05, 0) is 69.4 Å². The summed E-state index contributed by atoms with van der Waals surface area (Å²) in [5, 5.41) is 3.43. The molecule has 0 spiro atoms. The van der Waals surface area contributed by atoms with Crippen molar-refractivity contribution < 1.29 is 4.74 Å². The van der Waals surface area contributed by atoms with Gasteiger partial charge in [-0.1, -0.05) is 13.3 Å². The van der Waals surface area contributed by atoms with E-state index in [2.05, 4.69) is 56.2 Å². The van der Waals surface area contributed by atoms with E-state index in [0.717, 1.165) is 27.8 Å². The predicted molar refractivity (Wildman–Crippen MR) is 79.6 cm³/mol.